The highest BCUT2D eigenvalue weighted by atomic mass is 31.2. The molecule has 2 rings (SSSR count). The van der Waals surface area contributed by atoms with E-state index in [9.17, 15) is 13.9 Å². The summed E-state index contributed by atoms with van der Waals surface area (Å²) in [6.07, 6.45) is 0.149. The van der Waals surface area contributed by atoms with Crippen LogP contribution in [0.15, 0.2) is 30.5 Å². The van der Waals surface area contributed by atoms with Gasteiger partial charge in [-0.15, -0.1) is 0 Å². The molecule has 0 fully saturated rings. The number of benzene rings is 1. The first-order valence-electron chi connectivity index (χ1n) is 7.65. The maximum atomic E-state index is 12.3. The van der Waals surface area contributed by atoms with E-state index in [1.54, 1.807) is 6.20 Å². The summed E-state index contributed by atoms with van der Waals surface area (Å²) in [6, 6.07) is 6.39. The van der Waals surface area contributed by atoms with Crippen molar-refractivity contribution < 1.29 is 33.5 Å². The summed E-state index contributed by atoms with van der Waals surface area (Å²) in [6.45, 7) is 0. The summed E-state index contributed by atoms with van der Waals surface area (Å²) in [5.41, 5.74) is 7.65. The molecule has 0 aliphatic rings. The van der Waals surface area contributed by atoms with E-state index in [2.05, 4.69) is 4.98 Å². The molecule has 26 heavy (non-hydrogen) atoms. The van der Waals surface area contributed by atoms with Crippen LogP contribution in [0.2, 0.25) is 0 Å². The molecular formula is C14H21N3O7P2. The molecule has 2 aromatic rings. The van der Waals surface area contributed by atoms with Crippen LogP contribution in [0.1, 0.15) is 12.0 Å². The average molecular weight is 405 g/mol. The Bertz CT molecular complexity index is 848. The number of aromatic amines is 1. The Kier molecular flexibility index (Phi) is 6.42. The summed E-state index contributed by atoms with van der Waals surface area (Å²) >= 11 is 0. The molecule has 1 aromatic carbocycles. The molecule has 0 saturated heterocycles. The van der Waals surface area contributed by atoms with Crippen molar-refractivity contribution in [1.29, 1.82) is 0 Å². The molecule has 1 amide bonds. The molecule has 1 atom stereocenters. The van der Waals surface area contributed by atoms with E-state index in [0.29, 0.717) is 11.3 Å². The predicted octanol–water partition coefficient (Wildman–Crippen LogP) is 0.527. The second-order valence-electron chi connectivity index (χ2n) is 5.99. The summed E-state index contributed by atoms with van der Waals surface area (Å²) < 4.78 is 22.3. The molecule has 0 bridgehead atoms. The van der Waals surface area contributed by atoms with Crippen LogP contribution >= 0.6 is 15.2 Å². The molecular weight excluding hydrogens is 384 g/mol. The van der Waals surface area contributed by atoms with Gasteiger partial charge < -0.3 is 35.2 Å². The second-order valence-corrected chi connectivity index (χ2v) is 9.22. The van der Waals surface area contributed by atoms with Crippen molar-refractivity contribution in [2.75, 3.05) is 12.6 Å². The molecule has 1 aromatic heterocycles. The van der Waals surface area contributed by atoms with Gasteiger partial charge in [0.2, 0.25) is 5.91 Å². The highest BCUT2D eigenvalue weighted by Crippen LogP contribution is 2.41. The van der Waals surface area contributed by atoms with Gasteiger partial charge in [0.05, 0.1) is 6.04 Å². The number of carbonyl (C=O) groups excluding carboxylic acids is 1. The fourth-order valence-corrected chi connectivity index (χ4v) is 4.16. The van der Waals surface area contributed by atoms with Gasteiger partial charge in [-0.25, -0.2) is 0 Å². The van der Waals surface area contributed by atoms with Crippen molar-refractivity contribution in [3.8, 4) is 0 Å². The molecule has 12 heteroatoms. The van der Waals surface area contributed by atoms with Crippen molar-refractivity contribution in [1.82, 2.24) is 9.88 Å². The first-order chi connectivity index (χ1) is 12.0. The highest BCUT2D eigenvalue weighted by Gasteiger charge is 2.32. The Balaban J connectivity index is 2.07. The van der Waals surface area contributed by atoms with E-state index < -0.39 is 39.7 Å². The maximum absolute atomic E-state index is 12.3. The number of H-pyrrole nitrogens is 1. The van der Waals surface area contributed by atoms with Gasteiger partial charge in [0.25, 0.3) is 0 Å². The van der Waals surface area contributed by atoms with Crippen molar-refractivity contribution >= 4 is 32.0 Å². The Morgan fingerprint density at radius 2 is 1.69 bits per heavy atom. The SMILES string of the molecule is N[C@@H](CCc1c[nH]c2ccccc12)C(=O)N(CP(=O)(O)O)CP(=O)(O)O. The van der Waals surface area contributed by atoms with E-state index in [1.807, 2.05) is 24.3 Å². The van der Waals surface area contributed by atoms with Crippen molar-refractivity contribution in [3.63, 3.8) is 0 Å². The number of rotatable bonds is 8. The third-order valence-electron chi connectivity index (χ3n) is 3.74. The Hall–Kier alpha value is -1.51. The normalized spacial score (nSPS) is 13.7. The standard InChI is InChI=1S/C14H21N3O7P2/c15-12(6-5-10-7-16-13-4-2-1-3-11(10)13)14(18)17(8-25(19,20)21)9-26(22,23)24/h1-4,7,12,16H,5-6,8-9,15H2,(H2,19,20,21)(H2,22,23,24)/t12-/m0/s1. The molecule has 10 nitrogen and oxygen atoms in total. The van der Waals surface area contributed by atoms with Gasteiger partial charge in [0.1, 0.15) is 12.6 Å². The lowest BCUT2D eigenvalue weighted by molar-refractivity contribution is -0.131. The maximum Gasteiger partial charge on any atom is 0.344 e. The van der Waals surface area contributed by atoms with E-state index in [1.165, 1.54) is 0 Å². The minimum atomic E-state index is -4.70. The molecule has 1 heterocycles. The van der Waals surface area contributed by atoms with Crippen molar-refractivity contribution in [2.24, 2.45) is 5.73 Å². The molecule has 0 spiro atoms. The number of para-hydroxylation sites is 1. The average Bonchev–Trinajstić information content (AvgIpc) is 2.91. The topological polar surface area (TPSA) is 177 Å². The minimum Gasteiger partial charge on any atom is -0.361 e. The molecule has 144 valence electrons. The third kappa shape index (κ3) is 6.03. The van der Waals surface area contributed by atoms with Gasteiger partial charge in [0, 0.05) is 17.1 Å². The Morgan fingerprint density at radius 1 is 1.12 bits per heavy atom. The van der Waals surface area contributed by atoms with Crippen LogP contribution in [-0.2, 0) is 20.3 Å². The van der Waals surface area contributed by atoms with Crippen molar-refractivity contribution in [3.05, 3.63) is 36.0 Å². The minimum absolute atomic E-state index is 0.152. The number of hydrogen-bond donors (Lipinski definition) is 6. The lowest BCUT2D eigenvalue weighted by atomic mass is 10.0. The van der Waals surface area contributed by atoms with E-state index in [4.69, 9.17) is 25.3 Å². The van der Waals surface area contributed by atoms with Crippen LogP contribution in [0, 0.1) is 0 Å². The lowest BCUT2D eigenvalue weighted by Gasteiger charge is -2.26. The largest absolute Gasteiger partial charge is 0.361 e. The smallest absolute Gasteiger partial charge is 0.344 e. The van der Waals surface area contributed by atoms with Crippen LogP contribution in [-0.4, -0.2) is 54.0 Å². The van der Waals surface area contributed by atoms with Gasteiger partial charge in [-0.3, -0.25) is 13.9 Å². The van der Waals surface area contributed by atoms with Crippen LogP contribution < -0.4 is 5.73 Å². The summed E-state index contributed by atoms with van der Waals surface area (Å²) in [5, 5.41) is 0.967. The van der Waals surface area contributed by atoms with Crippen molar-refractivity contribution in [2.45, 2.75) is 18.9 Å². The van der Waals surface area contributed by atoms with Crippen LogP contribution in [0.25, 0.3) is 10.9 Å². The van der Waals surface area contributed by atoms with E-state index in [0.717, 1.165) is 16.5 Å². The van der Waals surface area contributed by atoms with Gasteiger partial charge in [-0.2, -0.15) is 0 Å². The first-order valence-corrected chi connectivity index (χ1v) is 11.2. The number of fused-ring (bicyclic) bond motifs is 1. The number of nitrogens with two attached hydrogens (primary N) is 1. The molecule has 0 radical (unpaired) electrons. The van der Waals surface area contributed by atoms with Gasteiger partial charge in [0.15, 0.2) is 0 Å². The molecule has 0 aliphatic carbocycles. The van der Waals surface area contributed by atoms with Gasteiger partial charge >= 0.3 is 15.2 Å². The number of hydrogen-bond acceptors (Lipinski definition) is 4. The second kappa shape index (κ2) is 8.02. The summed E-state index contributed by atoms with van der Waals surface area (Å²) in [4.78, 5) is 52.0. The zero-order chi connectivity index (χ0) is 19.5. The lowest BCUT2D eigenvalue weighted by Crippen LogP contribution is -2.44. The number of nitrogens with zero attached hydrogens (tertiary/aromatic N) is 1. The first kappa shape index (κ1) is 20.8. The fraction of sp³-hybridized carbons (Fsp3) is 0.357. The van der Waals surface area contributed by atoms with Crippen LogP contribution in [0.4, 0.5) is 0 Å². The Labute approximate surface area is 149 Å². The van der Waals surface area contributed by atoms with Crippen LogP contribution in [0.3, 0.4) is 0 Å². The van der Waals surface area contributed by atoms with Gasteiger partial charge in [-0.1, -0.05) is 18.2 Å². The molecule has 7 N–H and O–H groups in total. The fourth-order valence-electron chi connectivity index (χ4n) is 2.64. The number of amides is 1. The molecule has 0 aliphatic heterocycles. The van der Waals surface area contributed by atoms with Crippen LogP contribution in [0.5, 0.6) is 0 Å². The van der Waals surface area contributed by atoms with E-state index in [-0.39, 0.29) is 6.42 Å². The monoisotopic (exact) mass is 405 g/mol. The third-order valence-corrected chi connectivity index (χ3v) is 5.16. The Morgan fingerprint density at radius 3 is 2.27 bits per heavy atom. The predicted molar refractivity (Wildman–Crippen MR) is 95.3 cm³/mol. The van der Waals surface area contributed by atoms with E-state index >= 15 is 0 Å². The molecule has 0 saturated carbocycles. The summed E-state index contributed by atoms with van der Waals surface area (Å²) in [5.74, 6) is -0.920. The highest BCUT2D eigenvalue weighted by molar-refractivity contribution is 7.52. The zero-order valence-electron chi connectivity index (χ0n) is 13.7. The van der Waals surface area contributed by atoms with Gasteiger partial charge in [-0.05, 0) is 24.5 Å². The zero-order valence-corrected chi connectivity index (χ0v) is 15.5. The number of carbonyl (C=O) groups is 1. The summed E-state index contributed by atoms with van der Waals surface area (Å²) in [7, 11) is -9.40. The number of aryl methyl sites for hydroxylation is 1. The quantitative estimate of drug-likeness (QED) is 0.344. The number of aromatic nitrogens is 1. The molecule has 0 unspecified atom stereocenters. The number of nitrogens with one attached hydrogen (secondary N) is 1.